The smallest absolute Gasteiger partial charge is 0.424 e. The van der Waals surface area contributed by atoms with Gasteiger partial charge in [-0.3, -0.25) is 0 Å². The number of halogens is 2. The molecule has 2 unspecified atom stereocenters. The second-order valence-corrected chi connectivity index (χ2v) is 11.7. The number of carbonyl (C=O) groups is 2. The van der Waals surface area contributed by atoms with Gasteiger partial charge in [0.05, 0.1) is 17.2 Å². The molecule has 0 radical (unpaired) electrons. The lowest BCUT2D eigenvalue weighted by atomic mass is 9.88. The van der Waals surface area contributed by atoms with Gasteiger partial charge in [0, 0.05) is 37.1 Å². The number of aromatic amines is 1. The van der Waals surface area contributed by atoms with Crippen LogP contribution in [0.4, 0.5) is 24.1 Å². The van der Waals surface area contributed by atoms with Crippen LogP contribution in [0.15, 0.2) is 30.6 Å². The zero-order valence-corrected chi connectivity index (χ0v) is 23.8. The number of aromatic nitrogens is 2. The number of nitrogens with zero attached hydrogens (tertiary/aromatic N) is 2. The highest BCUT2D eigenvalue weighted by atomic mass is 19.1. The Bertz CT molecular complexity index is 1360. The molecule has 1 aliphatic rings. The lowest BCUT2D eigenvalue weighted by Crippen LogP contribution is -2.43. The van der Waals surface area contributed by atoms with Gasteiger partial charge in [0.2, 0.25) is 0 Å². The molecule has 40 heavy (non-hydrogen) atoms. The van der Waals surface area contributed by atoms with Crippen LogP contribution >= 0.6 is 0 Å². The molecule has 11 heteroatoms. The van der Waals surface area contributed by atoms with E-state index in [-0.39, 0.29) is 17.8 Å². The van der Waals surface area contributed by atoms with Crippen molar-refractivity contribution in [1.29, 1.82) is 0 Å². The van der Waals surface area contributed by atoms with Gasteiger partial charge in [-0.05, 0) is 72.9 Å². The summed E-state index contributed by atoms with van der Waals surface area (Å²) in [7, 11) is 0. The first-order valence-electron chi connectivity index (χ1n) is 13.1. The summed E-state index contributed by atoms with van der Waals surface area (Å²) in [6.45, 7) is 12.2. The van der Waals surface area contributed by atoms with Gasteiger partial charge < -0.3 is 23.9 Å². The van der Waals surface area contributed by atoms with Crippen LogP contribution in [0.5, 0.6) is 11.5 Å². The van der Waals surface area contributed by atoms with E-state index in [2.05, 4.69) is 9.97 Å². The number of imide groups is 1. The minimum Gasteiger partial charge on any atom is -0.450 e. The van der Waals surface area contributed by atoms with Gasteiger partial charge in [-0.15, -0.1) is 0 Å². The van der Waals surface area contributed by atoms with Crippen LogP contribution < -0.4 is 9.64 Å². The van der Waals surface area contributed by atoms with Gasteiger partial charge in [0.25, 0.3) is 0 Å². The molecule has 1 saturated heterocycles. The average Bonchev–Trinajstić information content (AvgIpc) is 3.24. The SMILES string of the molecule is CC1OCCCC1c1c[nH]c2nccc(Oc3c(F)cc(N(C(=O)OC(C)(C)C)C(=O)OC(C)(C)C)cc3F)c12. The van der Waals surface area contributed by atoms with Crippen molar-refractivity contribution < 1.29 is 37.3 Å². The molecule has 0 aliphatic carbocycles. The van der Waals surface area contributed by atoms with E-state index in [4.69, 9.17) is 18.9 Å². The minimum absolute atomic E-state index is 0.0438. The van der Waals surface area contributed by atoms with E-state index >= 15 is 8.78 Å². The molecule has 4 rings (SSSR count). The Balaban J connectivity index is 1.72. The zero-order chi connectivity index (χ0) is 29.4. The third-order valence-electron chi connectivity index (χ3n) is 6.18. The Labute approximate surface area is 231 Å². The topological polar surface area (TPSA) is 103 Å². The maximum atomic E-state index is 15.5. The van der Waals surface area contributed by atoms with Gasteiger partial charge >= 0.3 is 12.2 Å². The maximum Gasteiger partial charge on any atom is 0.424 e. The number of carbonyl (C=O) groups excluding carboxylic acids is 2. The Morgan fingerprint density at radius 2 is 1.65 bits per heavy atom. The van der Waals surface area contributed by atoms with Crippen LogP contribution in [0.3, 0.4) is 0 Å². The third-order valence-corrected chi connectivity index (χ3v) is 6.18. The van der Waals surface area contributed by atoms with Crippen molar-refractivity contribution in [2.24, 2.45) is 0 Å². The molecule has 3 heterocycles. The van der Waals surface area contributed by atoms with Crippen molar-refractivity contribution in [1.82, 2.24) is 9.97 Å². The molecule has 1 fully saturated rings. The molecule has 0 spiro atoms. The fourth-order valence-electron chi connectivity index (χ4n) is 4.54. The van der Waals surface area contributed by atoms with Gasteiger partial charge in [0.1, 0.15) is 22.6 Å². The molecule has 2 atom stereocenters. The molecular weight excluding hydrogens is 524 g/mol. The van der Waals surface area contributed by atoms with Crippen molar-refractivity contribution >= 4 is 28.9 Å². The number of H-pyrrole nitrogens is 1. The van der Waals surface area contributed by atoms with Crippen molar-refractivity contribution in [3.8, 4) is 11.5 Å². The van der Waals surface area contributed by atoms with Crippen molar-refractivity contribution in [3.63, 3.8) is 0 Å². The van der Waals surface area contributed by atoms with Gasteiger partial charge in [-0.1, -0.05) is 0 Å². The molecule has 2 amide bonds. The monoisotopic (exact) mass is 559 g/mol. The number of ether oxygens (including phenoxy) is 4. The predicted molar refractivity (Wildman–Crippen MR) is 145 cm³/mol. The van der Waals surface area contributed by atoms with Crippen LogP contribution in [0.2, 0.25) is 0 Å². The third kappa shape index (κ3) is 6.52. The summed E-state index contributed by atoms with van der Waals surface area (Å²) < 4.78 is 53.1. The molecular formula is C29H35F2N3O6. The Hall–Kier alpha value is -3.73. The Kier molecular flexibility index (Phi) is 8.07. The molecule has 3 aromatic rings. The van der Waals surface area contributed by atoms with Gasteiger partial charge in [-0.25, -0.2) is 23.4 Å². The highest BCUT2D eigenvalue weighted by molar-refractivity contribution is 6.09. The second kappa shape index (κ2) is 11.0. The van der Waals surface area contributed by atoms with E-state index in [9.17, 15) is 9.59 Å². The summed E-state index contributed by atoms with van der Waals surface area (Å²) >= 11 is 0. The van der Waals surface area contributed by atoms with Crippen molar-refractivity contribution in [2.75, 3.05) is 11.5 Å². The first-order valence-corrected chi connectivity index (χ1v) is 13.1. The highest BCUT2D eigenvalue weighted by Crippen LogP contribution is 2.41. The number of rotatable bonds is 4. The van der Waals surface area contributed by atoms with E-state index < -0.39 is 46.5 Å². The quantitative estimate of drug-likeness (QED) is 0.351. The van der Waals surface area contributed by atoms with Crippen LogP contribution in [0.1, 0.15) is 72.8 Å². The van der Waals surface area contributed by atoms with Gasteiger partial charge in [-0.2, -0.15) is 4.90 Å². The molecule has 0 saturated carbocycles. The summed E-state index contributed by atoms with van der Waals surface area (Å²) in [6, 6.07) is 3.16. The normalized spacial score (nSPS) is 17.9. The average molecular weight is 560 g/mol. The van der Waals surface area contributed by atoms with Crippen LogP contribution in [0, 0.1) is 11.6 Å². The Morgan fingerprint density at radius 1 is 1.05 bits per heavy atom. The molecule has 1 N–H and O–H groups in total. The summed E-state index contributed by atoms with van der Waals surface area (Å²) in [6.07, 6.45) is 2.70. The number of anilines is 1. The van der Waals surface area contributed by atoms with Crippen LogP contribution in [-0.4, -0.2) is 46.1 Å². The summed E-state index contributed by atoms with van der Waals surface area (Å²) in [4.78, 5) is 33.7. The fourth-order valence-corrected chi connectivity index (χ4v) is 4.54. The molecule has 0 bridgehead atoms. The number of hydrogen-bond acceptors (Lipinski definition) is 7. The van der Waals surface area contributed by atoms with Crippen molar-refractivity contribution in [2.45, 2.75) is 84.5 Å². The second-order valence-electron chi connectivity index (χ2n) is 11.7. The molecule has 1 aromatic carbocycles. The van der Waals surface area contributed by atoms with E-state index in [1.807, 2.05) is 13.1 Å². The minimum atomic E-state index is -1.15. The van der Waals surface area contributed by atoms with E-state index in [0.717, 1.165) is 30.5 Å². The largest absolute Gasteiger partial charge is 0.450 e. The summed E-state index contributed by atoms with van der Waals surface area (Å²) in [5.74, 6) is -2.74. The lowest BCUT2D eigenvalue weighted by molar-refractivity contribution is 0.0119. The van der Waals surface area contributed by atoms with Gasteiger partial charge in [0.15, 0.2) is 17.4 Å². The van der Waals surface area contributed by atoms with E-state index in [1.165, 1.54) is 12.3 Å². The highest BCUT2D eigenvalue weighted by Gasteiger charge is 2.34. The zero-order valence-electron chi connectivity index (χ0n) is 23.8. The fraction of sp³-hybridized carbons (Fsp3) is 0.483. The molecule has 9 nitrogen and oxygen atoms in total. The van der Waals surface area contributed by atoms with Crippen LogP contribution in [0.25, 0.3) is 11.0 Å². The molecule has 1 aliphatic heterocycles. The van der Waals surface area contributed by atoms with E-state index in [0.29, 0.717) is 22.5 Å². The number of pyridine rings is 1. The number of amides is 2. The van der Waals surface area contributed by atoms with E-state index in [1.54, 1.807) is 41.5 Å². The predicted octanol–water partition coefficient (Wildman–Crippen LogP) is 7.59. The first kappa shape index (κ1) is 29.3. The summed E-state index contributed by atoms with van der Waals surface area (Å²) in [5, 5.41) is 0.594. The maximum absolute atomic E-state index is 15.5. The molecule has 216 valence electrons. The number of hydrogen-bond donors (Lipinski definition) is 1. The van der Waals surface area contributed by atoms with Crippen LogP contribution in [-0.2, 0) is 14.2 Å². The summed E-state index contributed by atoms with van der Waals surface area (Å²) in [5.41, 5.74) is -1.01. The Morgan fingerprint density at radius 3 is 2.20 bits per heavy atom. The molecule has 2 aromatic heterocycles. The standard InChI is InChI=1S/C29H35F2N3O6/c1-16-18(9-8-12-37-16)19-15-33-25-23(19)22(10-11-32-25)38-24-20(30)13-17(14-21(24)31)34(26(35)39-28(2,3)4)27(36)40-29(5,6)7/h10-11,13-16,18H,8-9,12H2,1-7H3,(H,32,33). The number of nitrogens with one attached hydrogen (secondary N) is 1. The number of benzene rings is 1. The number of fused-ring (bicyclic) bond motifs is 1. The van der Waals surface area contributed by atoms with Crippen molar-refractivity contribution in [3.05, 3.63) is 47.8 Å². The lowest BCUT2D eigenvalue weighted by Gasteiger charge is -2.29. The first-order chi connectivity index (χ1) is 18.6.